The highest BCUT2D eigenvalue weighted by Gasteiger charge is 2.44. The quantitative estimate of drug-likeness (QED) is 0.0210. The van der Waals surface area contributed by atoms with Crippen LogP contribution in [0, 0.1) is 0 Å². The summed E-state index contributed by atoms with van der Waals surface area (Å²) in [4.78, 5) is 25.3. The first-order valence-electron chi connectivity index (χ1n) is 22.2. The summed E-state index contributed by atoms with van der Waals surface area (Å²) in [6.07, 6.45) is 29.7. The molecule has 6 atom stereocenters. The molecule has 0 aromatic rings. The predicted molar refractivity (Wildman–Crippen MR) is 218 cm³/mol. The van der Waals surface area contributed by atoms with Crippen molar-refractivity contribution in [3.8, 4) is 0 Å². The highest BCUT2D eigenvalue weighted by Crippen LogP contribution is 2.22. The van der Waals surface area contributed by atoms with Crippen molar-refractivity contribution in [3.05, 3.63) is 30.0 Å². The van der Waals surface area contributed by atoms with Gasteiger partial charge in [-0.25, -0.2) is 0 Å². The van der Waals surface area contributed by atoms with Crippen molar-refractivity contribution < 1.29 is 49.0 Å². The Morgan fingerprint density at radius 1 is 0.600 bits per heavy atom. The summed E-state index contributed by atoms with van der Waals surface area (Å²) in [6, 6.07) is 0. The second-order valence-electron chi connectivity index (χ2n) is 15.2. The summed E-state index contributed by atoms with van der Waals surface area (Å²) in [5.74, 6) is -0.882. The molecule has 1 saturated heterocycles. The number of esters is 2. The summed E-state index contributed by atoms with van der Waals surface area (Å²) >= 11 is 0. The molecule has 55 heavy (non-hydrogen) atoms. The summed E-state index contributed by atoms with van der Waals surface area (Å²) in [5, 5.41) is 40.0. The Hall–Kier alpha value is -2.04. The molecule has 320 valence electrons. The Kier molecular flexibility index (Phi) is 33.7. The van der Waals surface area contributed by atoms with E-state index in [1.165, 1.54) is 96.3 Å². The van der Waals surface area contributed by atoms with Crippen molar-refractivity contribution in [1.29, 1.82) is 0 Å². The first kappa shape index (κ1) is 51.0. The van der Waals surface area contributed by atoms with Crippen molar-refractivity contribution in [3.63, 3.8) is 0 Å². The van der Waals surface area contributed by atoms with Gasteiger partial charge >= 0.3 is 11.9 Å². The van der Waals surface area contributed by atoms with Crippen LogP contribution >= 0.6 is 0 Å². The Morgan fingerprint density at radius 2 is 1.11 bits per heavy atom. The zero-order valence-corrected chi connectivity index (χ0v) is 34.7. The van der Waals surface area contributed by atoms with Gasteiger partial charge in [0.1, 0.15) is 31.0 Å². The summed E-state index contributed by atoms with van der Waals surface area (Å²) in [6.45, 7) is 3.35. The number of aliphatic hydroxyl groups is 4. The van der Waals surface area contributed by atoms with Gasteiger partial charge in [0.05, 0.1) is 13.2 Å². The van der Waals surface area contributed by atoms with Gasteiger partial charge in [-0.05, 0) is 63.5 Å². The molecule has 0 aromatic heterocycles. The second kappa shape index (κ2) is 36.3. The zero-order chi connectivity index (χ0) is 40.2. The Balaban J connectivity index is 2.38. The third kappa shape index (κ3) is 28.1. The lowest BCUT2D eigenvalue weighted by molar-refractivity contribution is -0.305. The molecule has 1 fully saturated rings. The maximum absolute atomic E-state index is 12.7. The molecule has 0 bridgehead atoms. The molecule has 4 N–H and O–H groups in total. The van der Waals surface area contributed by atoms with Gasteiger partial charge in [-0.15, -0.1) is 5.73 Å². The van der Waals surface area contributed by atoms with Gasteiger partial charge in [-0.1, -0.05) is 135 Å². The molecule has 1 aliphatic rings. The standard InChI is InChI=1S/C45H80O10/c1-3-5-7-9-11-13-15-17-19-21-23-25-27-29-31-33-40(47)52-36-38(37-53-45-44(51)43(50)42(49)39(35-46)55-45)54-41(48)34-32-30-28-26-24-22-20-18-16-14-12-10-8-6-4-2/h16,20,27,29,38-39,42-46,49-51H,3-15,17,19,21-26,28,30-37H2,1-2H3/b29-27+/t18?,38-,39-,42+,43?,44?,45-/m0/s1. The van der Waals surface area contributed by atoms with Crippen LogP contribution in [0.4, 0.5) is 0 Å². The van der Waals surface area contributed by atoms with Crippen LogP contribution in [0.2, 0.25) is 0 Å². The van der Waals surface area contributed by atoms with Crippen molar-refractivity contribution in [2.75, 3.05) is 19.8 Å². The van der Waals surface area contributed by atoms with E-state index in [0.717, 1.165) is 51.4 Å². The Morgan fingerprint density at radius 3 is 1.67 bits per heavy atom. The smallest absolute Gasteiger partial charge is 0.306 e. The van der Waals surface area contributed by atoms with Crippen LogP contribution in [0.3, 0.4) is 0 Å². The molecule has 1 aliphatic heterocycles. The summed E-state index contributed by atoms with van der Waals surface area (Å²) in [7, 11) is 0. The molecule has 2 unspecified atom stereocenters. The maximum Gasteiger partial charge on any atom is 0.306 e. The van der Waals surface area contributed by atoms with Crippen LogP contribution in [-0.2, 0) is 28.5 Å². The molecule has 10 nitrogen and oxygen atoms in total. The average molecular weight is 781 g/mol. The van der Waals surface area contributed by atoms with Crippen LogP contribution in [0.1, 0.15) is 187 Å². The van der Waals surface area contributed by atoms with Crippen molar-refractivity contribution in [2.24, 2.45) is 0 Å². The fourth-order valence-electron chi connectivity index (χ4n) is 6.54. The van der Waals surface area contributed by atoms with E-state index in [9.17, 15) is 30.0 Å². The normalized spacial score (nSPS) is 20.3. The van der Waals surface area contributed by atoms with E-state index in [2.05, 4.69) is 37.8 Å². The third-order valence-electron chi connectivity index (χ3n) is 10.1. The number of allylic oxidation sites excluding steroid dienone is 3. The largest absolute Gasteiger partial charge is 0.462 e. The lowest BCUT2D eigenvalue weighted by atomic mass is 9.99. The van der Waals surface area contributed by atoms with Crippen LogP contribution in [-0.4, -0.2) is 89.0 Å². The maximum atomic E-state index is 12.7. The molecule has 0 radical (unpaired) electrons. The van der Waals surface area contributed by atoms with E-state index < -0.39 is 55.4 Å². The lowest BCUT2D eigenvalue weighted by Crippen LogP contribution is -2.59. The van der Waals surface area contributed by atoms with Gasteiger partial charge in [0.25, 0.3) is 0 Å². The van der Waals surface area contributed by atoms with Crippen molar-refractivity contribution in [2.45, 2.75) is 224 Å². The van der Waals surface area contributed by atoms with Crippen LogP contribution in [0.25, 0.3) is 0 Å². The number of hydrogen-bond acceptors (Lipinski definition) is 10. The van der Waals surface area contributed by atoms with Gasteiger partial charge in [-0.2, -0.15) is 0 Å². The van der Waals surface area contributed by atoms with Gasteiger partial charge < -0.3 is 39.4 Å². The summed E-state index contributed by atoms with van der Waals surface area (Å²) < 4.78 is 22.1. The molecule has 0 aromatic carbocycles. The average Bonchev–Trinajstić information content (AvgIpc) is 3.18. The first-order chi connectivity index (χ1) is 26.8. The Labute approximate surface area is 334 Å². The lowest BCUT2D eigenvalue weighted by Gasteiger charge is -2.39. The predicted octanol–water partition coefficient (Wildman–Crippen LogP) is 9.10. The number of carbonyl (C=O) groups excluding carboxylic acids is 2. The van der Waals surface area contributed by atoms with E-state index in [1.807, 2.05) is 6.08 Å². The van der Waals surface area contributed by atoms with Crippen LogP contribution < -0.4 is 0 Å². The summed E-state index contributed by atoms with van der Waals surface area (Å²) in [5.41, 5.74) is 3.29. The van der Waals surface area contributed by atoms with Gasteiger partial charge in [0, 0.05) is 12.8 Å². The molecule has 0 amide bonds. The third-order valence-corrected chi connectivity index (χ3v) is 10.1. The van der Waals surface area contributed by atoms with E-state index >= 15 is 0 Å². The van der Waals surface area contributed by atoms with E-state index in [-0.39, 0.29) is 26.1 Å². The zero-order valence-electron chi connectivity index (χ0n) is 34.7. The minimum atomic E-state index is -1.60. The van der Waals surface area contributed by atoms with Crippen LogP contribution in [0.15, 0.2) is 30.0 Å². The topological polar surface area (TPSA) is 152 Å². The number of aliphatic hydroxyl groups excluding tert-OH is 4. The molecule has 10 heteroatoms. The monoisotopic (exact) mass is 781 g/mol. The highest BCUT2D eigenvalue weighted by molar-refractivity contribution is 5.70. The number of ether oxygens (including phenoxy) is 4. The molecular weight excluding hydrogens is 700 g/mol. The number of rotatable bonds is 36. The highest BCUT2D eigenvalue weighted by atomic mass is 16.7. The number of carbonyl (C=O) groups is 2. The van der Waals surface area contributed by atoms with E-state index in [0.29, 0.717) is 12.8 Å². The molecule has 1 heterocycles. The SMILES string of the molecule is CCCCCCCC=C=CCCCCCCCC(=O)O[C@@H](COC(=O)CC/C=C/CCCCCCCCCCCCC)CO[C@H]1O[C@@H](CO)[C@@H](O)C(O)C1O. The second-order valence-corrected chi connectivity index (χ2v) is 15.2. The van der Waals surface area contributed by atoms with E-state index in [4.69, 9.17) is 18.9 Å². The number of hydrogen-bond donors (Lipinski definition) is 4. The van der Waals surface area contributed by atoms with E-state index in [1.54, 1.807) is 0 Å². The molecule has 0 spiro atoms. The van der Waals surface area contributed by atoms with Gasteiger partial charge in [-0.3, -0.25) is 9.59 Å². The minimum absolute atomic E-state index is 0.189. The van der Waals surface area contributed by atoms with Crippen molar-refractivity contribution >= 4 is 11.9 Å². The van der Waals surface area contributed by atoms with Gasteiger partial charge in [0.2, 0.25) is 0 Å². The first-order valence-corrected chi connectivity index (χ1v) is 22.2. The Bertz CT molecular complexity index is 1010. The minimum Gasteiger partial charge on any atom is -0.462 e. The molecule has 1 rings (SSSR count). The molecule has 0 aliphatic carbocycles. The van der Waals surface area contributed by atoms with Crippen molar-refractivity contribution in [1.82, 2.24) is 0 Å². The molecular formula is C45H80O10. The fraction of sp³-hybridized carbons (Fsp3) is 0.844. The molecule has 0 saturated carbocycles. The fourth-order valence-corrected chi connectivity index (χ4v) is 6.54. The van der Waals surface area contributed by atoms with Crippen LogP contribution in [0.5, 0.6) is 0 Å². The van der Waals surface area contributed by atoms with Gasteiger partial charge in [0.15, 0.2) is 12.4 Å². The number of unbranched alkanes of at least 4 members (excludes halogenated alkanes) is 21.